The summed E-state index contributed by atoms with van der Waals surface area (Å²) in [6.07, 6.45) is 5.92. The van der Waals surface area contributed by atoms with Gasteiger partial charge < -0.3 is 19.7 Å². The predicted molar refractivity (Wildman–Crippen MR) is 44.4 cm³/mol. The lowest BCUT2D eigenvalue weighted by atomic mass is 10.0. The minimum absolute atomic E-state index is 0.178. The largest absolute Gasteiger partial charge is 0.371 e. The van der Waals surface area contributed by atoms with Crippen LogP contribution in [0, 0.1) is 11.8 Å². The average molecular weight is 186 g/mol. The number of rotatable bonds is 4. The second-order valence-electron chi connectivity index (χ2n) is 3.55. The quantitative estimate of drug-likeness (QED) is 0.487. The van der Waals surface area contributed by atoms with E-state index >= 15 is 0 Å². The Hall–Kier alpha value is -0.420. The maximum Gasteiger partial charge on any atom is 0.180 e. The molecule has 0 saturated heterocycles. The summed E-state index contributed by atoms with van der Waals surface area (Å²) < 4.78 is 10.4. The van der Waals surface area contributed by atoms with E-state index in [0.717, 1.165) is 12.8 Å². The molecule has 2 N–H and O–H groups in total. The molecule has 4 nitrogen and oxygen atoms in total. The van der Waals surface area contributed by atoms with Crippen LogP contribution in [0.2, 0.25) is 0 Å². The van der Waals surface area contributed by atoms with Crippen molar-refractivity contribution in [3.63, 3.8) is 0 Å². The van der Waals surface area contributed by atoms with Crippen LogP contribution in [-0.2, 0) is 9.47 Å². The van der Waals surface area contributed by atoms with Gasteiger partial charge in [-0.25, -0.2) is 0 Å². The Labute approximate surface area is 76.8 Å². The normalized spacial score (nSPS) is 34.3. The molecule has 2 bridgehead atoms. The number of hydrogen-bond donors (Lipinski definition) is 2. The van der Waals surface area contributed by atoms with Crippen LogP contribution in [0.4, 0.5) is 0 Å². The maximum absolute atomic E-state index is 8.74. The third-order valence-corrected chi connectivity index (χ3v) is 2.90. The summed E-state index contributed by atoms with van der Waals surface area (Å²) in [5.74, 6) is -0.122. The zero-order chi connectivity index (χ0) is 9.31. The minimum atomic E-state index is -0.775. The maximum atomic E-state index is 8.74. The Bertz CT molecular complexity index is 208. The molecule has 0 radical (unpaired) electrons. The molecule has 1 saturated carbocycles. The first kappa shape index (κ1) is 9.15. The van der Waals surface area contributed by atoms with Gasteiger partial charge >= 0.3 is 0 Å². The van der Waals surface area contributed by atoms with Crippen molar-refractivity contribution in [3.05, 3.63) is 12.2 Å². The molecule has 0 spiro atoms. The molecular weight excluding hydrogens is 172 g/mol. The standard InChI is InChI=1S/C9H14O4/c10-5-12-9(13-6-11)4-7-1-2-8(9)3-7/h1-2,7-8,10-11H,3-6H2. The van der Waals surface area contributed by atoms with E-state index in [-0.39, 0.29) is 19.5 Å². The van der Waals surface area contributed by atoms with Gasteiger partial charge in [-0.1, -0.05) is 12.2 Å². The Morgan fingerprint density at radius 1 is 1.23 bits per heavy atom. The number of fused-ring (bicyclic) bond motifs is 2. The lowest BCUT2D eigenvalue weighted by Gasteiger charge is -2.33. The fourth-order valence-electron chi connectivity index (χ4n) is 2.36. The van der Waals surface area contributed by atoms with Gasteiger partial charge in [-0.05, 0) is 12.3 Å². The first-order valence-electron chi connectivity index (χ1n) is 4.49. The van der Waals surface area contributed by atoms with Crippen LogP contribution in [0.25, 0.3) is 0 Å². The molecule has 2 aliphatic rings. The second-order valence-corrected chi connectivity index (χ2v) is 3.55. The second kappa shape index (κ2) is 3.38. The highest BCUT2D eigenvalue weighted by Crippen LogP contribution is 2.48. The molecule has 2 atom stereocenters. The summed E-state index contributed by atoms with van der Waals surface area (Å²) in [5.41, 5.74) is 0. The Kier molecular flexibility index (Phi) is 2.38. The smallest absolute Gasteiger partial charge is 0.180 e. The van der Waals surface area contributed by atoms with Gasteiger partial charge in [-0.2, -0.15) is 0 Å². The third kappa shape index (κ3) is 1.40. The van der Waals surface area contributed by atoms with E-state index in [9.17, 15) is 0 Å². The lowest BCUT2D eigenvalue weighted by Crippen LogP contribution is -2.40. The summed E-state index contributed by atoms with van der Waals surface area (Å²) in [4.78, 5) is 0. The van der Waals surface area contributed by atoms with Crippen LogP contribution in [0.3, 0.4) is 0 Å². The van der Waals surface area contributed by atoms with Crippen molar-refractivity contribution in [1.29, 1.82) is 0 Å². The van der Waals surface area contributed by atoms with Crippen molar-refractivity contribution in [3.8, 4) is 0 Å². The van der Waals surface area contributed by atoms with Crippen LogP contribution in [-0.4, -0.2) is 29.6 Å². The molecule has 0 amide bonds. The monoisotopic (exact) mass is 186 g/mol. The summed E-state index contributed by atoms with van der Waals surface area (Å²) >= 11 is 0. The number of aliphatic hydroxyl groups is 2. The van der Waals surface area contributed by atoms with E-state index in [1.807, 2.05) is 6.08 Å². The molecule has 0 aromatic carbocycles. The summed E-state index contributed by atoms with van der Waals surface area (Å²) in [6, 6.07) is 0. The van der Waals surface area contributed by atoms with Crippen LogP contribution in [0.1, 0.15) is 12.8 Å². The predicted octanol–water partition coefficient (Wildman–Crippen LogP) is 0.211. The van der Waals surface area contributed by atoms with E-state index < -0.39 is 5.79 Å². The molecule has 0 aromatic rings. The van der Waals surface area contributed by atoms with Crippen LogP contribution < -0.4 is 0 Å². The van der Waals surface area contributed by atoms with Gasteiger partial charge in [0.2, 0.25) is 0 Å². The van der Waals surface area contributed by atoms with Crippen molar-refractivity contribution in [2.24, 2.45) is 11.8 Å². The lowest BCUT2D eigenvalue weighted by molar-refractivity contribution is -0.297. The highest BCUT2D eigenvalue weighted by atomic mass is 16.8. The highest BCUT2D eigenvalue weighted by Gasteiger charge is 2.50. The summed E-state index contributed by atoms with van der Waals surface area (Å²) in [7, 11) is 0. The summed E-state index contributed by atoms with van der Waals surface area (Å²) in [5, 5.41) is 17.5. The van der Waals surface area contributed by atoms with Gasteiger partial charge in [-0.15, -0.1) is 0 Å². The molecule has 0 heterocycles. The minimum Gasteiger partial charge on any atom is -0.371 e. The van der Waals surface area contributed by atoms with Crippen LogP contribution in [0.15, 0.2) is 12.2 Å². The first-order chi connectivity index (χ1) is 6.30. The molecular formula is C9H14O4. The molecule has 0 aliphatic heterocycles. The van der Waals surface area contributed by atoms with Gasteiger partial charge in [0.05, 0.1) is 0 Å². The fraction of sp³-hybridized carbons (Fsp3) is 0.778. The molecule has 2 rings (SSSR count). The average Bonchev–Trinajstić information content (AvgIpc) is 2.64. The number of hydrogen-bond acceptors (Lipinski definition) is 4. The van der Waals surface area contributed by atoms with Crippen molar-refractivity contribution in [1.82, 2.24) is 0 Å². The van der Waals surface area contributed by atoms with Crippen LogP contribution in [0.5, 0.6) is 0 Å². The summed E-state index contributed by atoms with van der Waals surface area (Å²) in [6.45, 7) is -0.728. The van der Waals surface area contributed by atoms with Crippen molar-refractivity contribution < 1.29 is 19.7 Å². The van der Waals surface area contributed by atoms with Crippen molar-refractivity contribution >= 4 is 0 Å². The van der Waals surface area contributed by atoms with E-state index in [1.54, 1.807) is 0 Å². The van der Waals surface area contributed by atoms with Gasteiger partial charge in [0, 0.05) is 12.3 Å². The fourth-order valence-corrected chi connectivity index (χ4v) is 2.36. The van der Waals surface area contributed by atoms with Crippen LogP contribution >= 0.6 is 0 Å². The topological polar surface area (TPSA) is 58.9 Å². The molecule has 4 heteroatoms. The highest BCUT2D eigenvalue weighted by molar-refractivity contribution is 5.14. The van der Waals surface area contributed by atoms with E-state index in [2.05, 4.69) is 6.08 Å². The zero-order valence-electron chi connectivity index (χ0n) is 7.35. The molecule has 74 valence electrons. The van der Waals surface area contributed by atoms with Gasteiger partial charge in [0.1, 0.15) is 13.6 Å². The van der Waals surface area contributed by atoms with Crippen molar-refractivity contribution in [2.75, 3.05) is 13.6 Å². The van der Waals surface area contributed by atoms with Gasteiger partial charge in [0.15, 0.2) is 5.79 Å². The SMILES string of the molecule is OCOC1(OCO)CC2C=CC1C2. The number of aliphatic hydroxyl groups excluding tert-OH is 2. The zero-order valence-corrected chi connectivity index (χ0v) is 7.35. The molecule has 2 unspecified atom stereocenters. The Balaban J connectivity index is 2.10. The Morgan fingerprint density at radius 3 is 2.31 bits per heavy atom. The number of ether oxygens (including phenoxy) is 2. The number of allylic oxidation sites excluding steroid dienone is 1. The van der Waals surface area contributed by atoms with Crippen molar-refractivity contribution in [2.45, 2.75) is 18.6 Å². The third-order valence-electron chi connectivity index (χ3n) is 2.90. The molecule has 2 aliphatic carbocycles. The molecule has 13 heavy (non-hydrogen) atoms. The first-order valence-corrected chi connectivity index (χ1v) is 4.49. The van der Waals surface area contributed by atoms with Gasteiger partial charge in [-0.3, -0.25) is 0 Å². The van der Waals surface area contributed by atoms with E-state index in [0.29, 0.717) is 5.92 Å². The Morgan fingerprint density at radius 2 is 1.92 bits per heavy atom. The van der Waals surface area contributed by atoms with E-state index in [1.165, 1.54) is 0 Å². The molecule has 1 fully saturated rings. The van der Waals surface area contributed by atoms with E-state index in [4.69, 9.17) is 19.7 Å². The molecule has 0 aromatic heterocycles. The van der Waals surface area contributed by atoms with Gasteiger partial charge in [0.25, 0.3) is 0 Å².